The van der Waals surface area contributed by atoms with Crippen LogP contribution in [-0.4, -0.2) is 10.8 Å². The molecule has 0 fully saturated rings. The van der Waals surface area contributed by atoms with E-state index in [-0.39, 0.29) is 40.3 Å². The molecule has 0 aromatic heterocycles. The number of alkyl halides is 2. The summed E-state index contributed by atoms with van der Waals surface area (Å²) in [5.74, 6) is 0. The zero-order valence-electron chi connectivity index (χ0n) is 18.1. The summed E-state index contributed by atoms with van der Waals surface area (Å²) in [6.07, 6.45) is 0. The predicted molar refractivity (Wildman–Crippen MR) is 181 cm³/mol. The summed E-state index contributed by atoms with van der Waals surface area (Å²) in [6, 6.07) is 14.9. The Hall–Kier alpha value is 1.96. The molecule has 0 nitrogen and oxygen atoms in total. The lowest BCUT2D eigenvalue weighted by Crippen LogP contribution is -2.40. The van der Waals surface area contributed by atoms with Crippen molar-refractivity contribution >= 4 is 169 Å². The van der Waals surface area contributed by atoms with Gasteiger partial charge in [0.2, 0.25) is 0 Å². The molecule has 4 rings (SSSR count). The minimum Gasteiger partial charge on any atom is -0.114 e. The summed E-state index contributed by atoms with van der Waals surface area (Å²) >= 11 is 74.2. The van der Waals surface area contributed by atoms with Crippen molar-refractivity contribution in [1.82, 2.24) is 0 Å². The summed E-state index contributed by atoms with van der Waals surface area (Å²) < 4.78 is -0.737. The van der Waals surface area contributed by atoms with Gasteiger partial charge in [-0.25, -0.2) is 0 Å². The highest BCUT2D eigenvalue weighted by Crippen LogP contribution is 2.68. The lowest BCUT2D eigenvalue weighted by Gasteiger charge is -2.45. The molecular formula is C24H10Br2Cl10S2. The van der Waals surface area contributed by atoms with Gasteiger partial charge in [-0.05, 0) is 35.4 Å². The normalized spacial score (nSPS) is 28.5. The van der Waals surface area contributed by atoms with Crippen LogP contribution in [0.2, 0.25) is 0 Å². The van der Waals surface area contributed by atoms with E-state index in [1.807, 2.05) is 48.5 Å². The Balaban J connectivity index is 1.96. The van der Waals surface area contributed by atoms with Crippen molar-refractivity contribution in [3.63, 3.8) is 0 Å². The van der Waals surface area contributed by atoms with Crippen LogP contribution in [0.4, 0.5) is 0 Å². The average Bonchev–Trinajstić information content (AvgIpc) is 2.91. The first kappa shape index (κ1) is 32.9. The minimum absolute atomic E-state index is 0.0749. The first-order valence-electron chi connectivity index (χ1n) is 10.2. The van der Waals surface area contributed by atoms with E-state index in [4.69, 9.17) is 116 Å². The van der Waals surface area contributed by atoms with Crippen molar-refractivity contribution < 1.29 is 0 Å². The summed E-state index contributed by atoms with van der Waals surface area (Å²) in [5.41, 5.74) is 1.42. The van der Waals surface area contributed by atoms with Gasteiger partial charge >= 0.3 is 0 Å². The van der Waals surface area contributed by atoms with E-state index in [9.17, 15) is 0 Å². The first-order valence-corrected chi connectivity index (χ1v) is 17.8. The van der Waals surface area contributed by atoms with Gasteiger partial charge in [0.15, 0.2) is 0 Å². The van der Waals surface area contributed by atoms with Gasteiger partial charge in [0.25, 0.3) is 0 Å². The quantitative estimate of drug-likeness (QED) is 0.217. The van der Waals surface area contributed by atoms with Crippen LogP contribution in [0.3, 0.4) is 0 Å². The van der Waals surface area contributed by atoms with Crippen LogP contribution < -0.4 is 0 Å². The Kier molecular flexibility index (Phi) is 11.2. The van der Waals surface area contributed by atoms with Crippen LogP contribution >= 0.6 is 169 Å². The predicted octanol–water partition coefficient (Wildman–Crippen LogP) is 13.7. The highest BCUT2D eigenvalue weighted by molar-refractivity contribution is 9.10. The molecule has 0 amide bonds. The number of benzene rings is 2. The third kappa shape index (κ3) is 5.52. The van der Waals surface area contributed by atoms with Gasteiger partial charge in [0.05, 0.1) is 51.0 Å². The third-order valence-corrected chi connectivity index (χ3v) is 16.4. The summed E-state index contributed by atoms with van der Waals surface area (Å²) in [6.45, 7) is 0. The molecule has 0 saturated carbocycles. The van der Waals surface area contributed by atoms with E-state index in [2.05, 4.69) is 31.9 Å². The van der Waals surface area contributed by atoms with Crippen LogP contribution in [0.1, 0.15) is 11.1 Å². The van der Waals surface area contributed by atoms with Gasteiger partial charge in [-0.2, -0.15) is 0 Å². The Morgan fingerprint density at radius 1 is 0.500 bits per heavy atom. The number of allylic oxidation sites excluding steroid dienone is 6. The van der Waals surface area contributed by atoms with Crippen LogP contribution in [0.25, 0.3) is 0 Å². The molecule has 2 aliphatic rings. The second-order valence-corrected chi connectivity index (χ2v) is 16.4. The van der Waals surface area contributed by atoms with E-state index in [1.165, 1.54) is 21.6 Å². The molecule has 2 aliphatic carbocycles. The van der Waals surface area contributed by atoms with E-state index in [0.29, 0.717) is 11.1 Å². The monoisotopic (exact) mass is 870 g/mol. The highest BCUT2D eigenvalue weighted by Gasteiger charge is 2.56. The van der Waals surface area contributed by atoms with Crippen molar-refractivity contribution in [2.24, 2.45) is 0 Å². The maximum Gasteiger partial charge on any atom is 0.110 e. The Morgan fingerprint density at radius 3 is 1.08 bits per heavy atom. The third-order valence-electron chi connectivity index (χ3n) is 5.85. The lowest BCUT2D eigenvalue weighted by molar-refractivity contribution is 0.753. The minimum atomic E-state index is -1.22. The van der Waals surface area contributed by atoms with Gasteiger partial charge in [0, 0.05) is 8.95 Å². The van der Waals surface area contributed by atoms with Gasteiger partial charge in [-0.3, -0.25) is 0 Å². The number of halogens is 12. The molecular weight excluding hydrogens is 867 g/mol. The molecule has 202 valence electrons. The fourth-order valence-corrected chi connectivity index (χ4v) is 12.8. The Bertz CT molecular complexity index is 1300. The van der Waals surface area contributed by atoms with Crippen LogP contribution in [0.5, 0.6) is 0 Å². The molecule has 0 aliphatic heterocycles. The van der Waals surface area contributed by atoms with Crippen molar-refractivity contribution in [1.29, 1.82) is 0 Å². The van der Waals surface area contributed by atoms with Gasteiger partial charge < -0.3 is 0 Å². The number of hydrogen-bond donors (Lipinski definition) is 0. The standard InChI is InChI=1S/C24H10Br2Cl10S2/c25-11-5-1-9(2-6-11)23(19(33)15(29)13(27)16(30)20(23)34)37-38-24(10-3-7-12(26)8-4-10)21(35)17(31)14(28)18(32)22(24)36/h1-8,19,21H. The van der Waals surface area contributed by atoms with Crippen molar-refractivity contribution in [3.8, 4) is 0 Å². The largest absolute Gasteiger partial charge is 0.114 e. The van der Waals surface area contributed by atoms with Gasteiger partial charge in [-0.1, -0.05) is 171 Å². The molecule has 0 bridgehead atoms. The zero-order valence-corrected chi connectivity index (χ0v) is 30.5. The summed E-state index contributed by atoms with van der Waals surface area (Å²) in [4.78, 5) is 0. The van der Waals surface area contributed by atoms with Crippen molar-refractivity contribution in [2.75, 3.05) is 0 Å². The van der Waals surface area contributed by atoms with E-state index in [1.54, 1.807) is 0 Å². The Labute approximate surface area is 295 Å². The molecule has 2 aromatic rings. The maximum atomic E-state index is 7.04. The molecule has 0 heterocycles. The average molecular weight is 877 g/mol. The molecule has 4 unspecified atom stereocenters. The molecule has 14 heteroatoms. The van der Waals surface area contributed by atoms with E-state index < -0.39 is 20.2 Å². The molecule has 4 atom stereocenters. The molecule has 0 radical (unpaired) electrons. The molecule has 0 saturated heterocycles. The van der Waals surface area contributed by atoms with Gasteiger partial charge in [0.1, 0.15) is 9.49 Å². The summed E-state index contributed by atoms with van der Waals surface area (Å²) in [7, 11) is 2.53. The molecule has 38 heavy (non-hydrogen) atoms. The first-order chi connectivity index (χ1) is 17.8. The summed E-state index contributed by atoms with van der Waals surface area (Å²) in [5, 5.41) is -0.872. The van der Waals surface area contributed by atoms with Crippen molar-refractivity contribution in [2.45, 2.75) is 20.2 Å². The Morgan fingerprint density at radius 2 is 0.789 bits per heavy atom. The molecule has 0 N–H and O–H groups in total. The van der Waals surface area contributed by atoms with Crippen LogP contribution in [-0.2, 0) is 9.49 Å². The second-order valence-electron chi connectivity index (χ2n) is 7.96. The SMILES string of the molecule is ClC1=C(Cl)C(Cl)C(SSC2(c3ccc(Br)cc3)C(Cl)=C(Cl)C(Cl)=C(Cl)C2Cl)(c2ccc(Br)cc2)C(Cl)=C1Cl. The highest BCUT2D eigenvalue weighted by atomic mass is 79.9. The fraction of sp³-hybridized carbons (Fsp3) is 0.167. The fourth-order valence-electron chi connectivity index (χ4n) is 3.86. The number of rotatable bonds is 5. The number of hydrogen-bond acceptors (Lipinski definition) is 2. The molecule has 0 spiro atoms. The second kappa shape index (κ2) is 12.9. The van der Waals surface area contributed by atoms with Gasteiger partial charge in [-0.15, -0.1) is 23.2 Å². The zero-order chi connectivity index (χ0) is 28.2. The smallest absolute Gasteiger partial charge is 0.110 e. The van der Waals surface area contributed by atoms with E-state index in [0.717, 1.165) is 8.95 Å². The topological polar surface area (TPSA) is 0 Å². The maximum absolute atomic E-state index is 7.04. The lowest BCUT2D eigenvalue weighted by atomic mass is 9.90. The molecule has 2 aromatic carbocycles. The van der Waals surface area contributed by atoms with Crippen LogP contribution in [0.15, 0.2) is 97.7 Å². The van der Waals surface area contributed by atoms with Crippen LogP contribution in [0, 0.1) is 0 Å². The van der Waals surface area contributed by atoms with E-state index >= 15 is 0 Å². The van der Waals surface area contributed by atoms with Crippen molar-refractivity contribution in [3.05, 3.63) is 109 Å².